The van der Waals surface area contributed by atoms with Crippen LogP contribution in [-0.2, 0) is 29.6 Å². The summed E-state index contributed by atoms with van der Waals surface area (Å²) in [4.78, 5) is 28.1. The van der Waals surface area contributed by atoms with Crippen molar-refractivity contribution in [2.75, 3.05) is 50.7 Å². The molecule has 0 unspecified atom stereocenters. The minimum Gasteiger partial charge on any atom is -0.497 e. The van der Waals surface area contributed by atoms with Crippen LogP contribution in [0.25, 0.3) is 11.2 Å². The third kappa shape index (κ3) is 8.13. The van der Waals surface area contributed by atoms with Crippen LogP contribution >= 0.6 is 12.2 Å². The normalized spacial score (nSPS) is 20.1. The number of imidazole rings is 1. The van der Waals surface area contributed by atoms with E-state index in [9.17, 15) is 18.3 Å². The van der Waals surface area contributed by atoms with Gasteiger partial charge in [0, 0.05) is 18.7 Å². The molecular formula is C43H42N6O9S2. The lowest BCUT2D eigenvalue weighted by molar-refractivity contribution is -0.0941. The predicted molar refractivity (Wildman–Crippen MR) is 226 cm³/mol. The van der Waals surface area contributed by atoms with E-state index in [0.717, 1.165) is 16.7 Å². The van der Waals surface area contributed by atoms with E-state index in [4.69, 9.17) is 35.9 Å². The zero-order valence-corrected chi connectivity index (χ0v) is 34.3. The summed E-state index contributed by atoms with van der Waals surface area (Å²) < 4.78 is 57.2. The van der Waals surface area contributed by atoms with Gasteiger partial charge in [-0.1, -0.05) is 72.8 Å². The summed E-state index contributed by atoms with van der Waals surface area (Å²) in [6.45, 7) is 0.118. The summed E-state index contributed by atoms with van der Waals surface area (Å²) in [6.07, 6.45) is -1.81. The summed E-state index contributed by atoms with van der Waals surface area (Å²) in [5.41, 5.74) is 2.11. The maximum Gasteiger partial charge on any atom is 0.259 e. The maximum absolute atomic E-state index is 13.1. The number of aliphatic hydroxyl groups excluding tert-OH is 1. The van der Waals surface area contributed by atoms with Crippen molar-refractivity contribution in [3.05, 3.63) is 144 Å². The van der Waals surface area contributed by atoms with Crippen LogP contribution < -0.4 is 14.8 Å². The molecule has 4 aromatic carbocycles. The Morgan fingerprint density at radius 2 is 1.43 bits per heavy atom. The van der Waals surface area contributed by atoms with Gasteiger partial charge in [0.2, 0.25) is 0 Å². The van der Waals surface area contributed by atoms with Crippen LogP contribution in [0.15, 0.2) is 122 Å². The van der Waals surface area contributed by atoms with Gasteiger partial charge in [0.25, 0.3) is 11.1 Å². The van der Waals surface area contributed by atoms with E-state index in [0.29, 0.717) is 17.1 Å². The van der Waals surface area contributed by atoms with E-state index >= 15 is 0 Å². The number of methoxy groups -OCH3 is 2. The zero-order valence-electron chi connectivity index (χ0n) is 32.7. The second-order valence-corrected chi connectivity index (χ2v) is 16.9. The van der Waals surface area contributed by atoms with Gasteiger partial charge in [-0.15, -0.1) is 0 Å². The molecule has 2 saturated heterocycles. The second-order valence-electron chi connectivity index (χ2n) is 14.2. The van der Waals surface area contributed by atoms with Crippen molar-refractivity contribution in [2.45, 2.75) is 30.1 Å². The fourth-order valence-electron chi connectivity index (χ4n) is 7.47. The molecule has 6 aromatic rings. The molecule has 0 bridgehead atoms. The molecular weight excluding hydrogens is 809 g/mol. The Morgan fingerprint density at radius 1 is 0.850 bits per heavy atom. The first-order chi connectivity index (χ1) is 29.1. The molecule has 1 amide bonds. The van der Waals surface area contributed by atoms with Crippen LogP contribution in [0.2, 0.25) is 0 Å². The molecule has 0 radical (unpaired) electrons. The average molecular weight is 851 g/mol. The second kappa shape index (κ2) is 17.3. The number of hydrogen-bond donors (Lipinski definition) is 2. The minimum atomic E-state index is -3.21. The van der Waals surface area contributed by atoms with Gasteiger partial charge >= 0.3 is 0 Å². The molecule has 17 heteroatoms. The molecule has 4 heterocycles. The van der Waals surface area contributed by atoms with Crippen molar-refractivity contribution in [1.82, 2.24) is 24.4 Å². The first-order valence-corrected chi connectivity index (χ1v) is 21.3. The fraction of sp³-hybridized carbons (Fsp3) is 0.279. The van der Waals surface area contributed by atoms with Crippen molar-refractivity contribution in [2.24, 2.45) is 0 Å². The highest BCUT2D eigenvalue weighted by atomic mass is 32.2. The smallest absolute Gasteiger partial charge is 0.259 e. The summed E-state index contributed by atoms with van der Waals surface area (Å²) >= 11 is 5.72. The zero-order chi connectivity index (χ0) is 41.9. The van der Waals surface area contributed by atoms with E-state index in [1.54, 1.807) is 48.0 Å². The number of amides is 1. The van der Waals surface area contributed by atoms with Crippen molar-refractivity contribution >= 4 is 50.1 Å². The molecule has 2 aliphatic heterocycles. The third-order valence-corrected chi connectivity index (χ3v) is 12.7. The summed E-state index contributed by atoms with van der Waals surface area (Å²) in [6, 6.07) is 33.6. The Labute approximate surface area is 351 Å². The molecule has 0 aliphatic carbocycles. The molecule has 2 aliphatic rings. The number of anilines is 1. The molecule has 4 atom stereocenters. The minimum absolute atomic E-state index is 0.00840. The van der Waals surface area contributed by atoms with Gasteiger partial charge in [-0.25, -0.2) is 23.4 Å². The number of carbonyl (C=O) groups excluding carboxylic acids is 1. The first-order valence-electron chi connectivity index (χ1n) is 19.1. The highest BCUT2D eigenvalue weighted by Gasteiger charge is 2.50. The molecule has 8 rings (SSSR count). The highest BCUT2D eigenvalue weighted by Crippen LogP contribution is 2.43. The summed E-state index contributed by atoms with van der Waals surface area (Å²) in [5, 5.41) is 15.0. The number of fused-ring (bicyclic) bond motifs is 1. The van der Waals surface area contributed by atoms with Crippen LogP contribution in [0.5, 0.6) is 11.5 Å². The lowest BCUT2D eigenvalue weighted by Gasteiger charge is -2.37. The van der Waals surface area contributed by atoms with Gasteiger partial charge in [0.05, 0.1) is 38.7 Å². The van der Waals surface area contributed by atoms with E-state index < -0.39 is 40.0 Å². The number of thiocarbonyl (C=S) groups is 1. The topological polar surface area (TPSA) is 176 Å². The molecule has 2 aromatic heterocycles. The SMILES string of the molecule is COc1ccc(C(OC[C@H]2O[C@@H](n3cnc4c(NC(=O)c5ccccc5)ncnc43)[C@H](OC(=S)N3CCS(=O)(=O)CC3)[C@H]2O)(c2ccccc2)c2ccc(OC)cc2)cc1. The predicted octanol–water partition coefficient (Wildman–Crippen LogP) is 4.76. The van der Waals surface area contributed by atoms with Gasteiger partial charge < -0.3 is 39.0 Å². The molecule has 15 nitrogen and oxygen atoms in total. The Balaban J connectivity index is 1.16. The first kappa shape index (κ1) is 40.8. The lowest BCUT2D eigenvalue weighted by Crippen LogP contribution is -2.47. The van der Waals surface area contributed by atoms with E-state index in [2.05, 4.69) is 20.3 Å². The van der Waals surface area contributed by atoms with E-state index in [1.165, 1.54) is 12.7 Å². The van der Waals surface area contributed by atoms with Crippen LogP contribution in [0.3, 0.4) is 0 Å². The van der Waals surface area contributed by atoms with Crippen LogP contribution in [0.4, 0.5) is 5.82 Å². The average Bonchev–Trinajstić information content (AvgIpc) is 3.85. The van der Waals surface area contributed by atoms with Gasteiger partial charge in [-0.2, -0.15) is 0 Å². The largest absolute Gasteiger partial charge is 0.497 e. The number of benzene rings is 4. The van der Waals surface area contributed by atoms with Gasteiger partial charge in [-0.3, -0.25) is 9.36 Å². The number of carbonyl (C=O) groups is 1. The number of nitrogens with one attached hydrogen (secondary N) is 1. The van der Waals surface area contributed by atoms with Crippen molar-refractivity contribution in [1.29, 1.82) is 0 Å². The van der Waals surface area contributed by atoms with E-state index in [1.807, 2.05) is 84.9 Å². The number of nitrogens with zero attached hydrogens (tertiary/aromatic N) is 5. The molecule has 310 valence electrons. The molecule has 0 spiro atoms. The number of ether oxygens (including phenoxy) is 5. The van der Waals surface area contributed by atoms with Crippen LogP contribution in [0, 0.1) is 0 Å². The Morgan fingerprint density at radius 3 is 2.03 bits per heavy atom. The van der Waals surface area contributed by atoms with Crippen molar-refractivity contribution in [3.63, 3.8) is 0 Å². The summed E-state index contributed by atoms with van der Waals surface area (Å²) in [5.74, 6) is 0.932. The maximum atomic E-state index is 13.1. The molecule has 60 heavy (non-hydrogen) atoms. The summed E-state index contributed by atoms with van der Waals surface area (Å²) in [7, 11) is -0.0127. The number of aliphatic hydroxyl groups is 1. The van der Waals surface area contributed by atoms with Gasteiger partial charge in [0.1, 0.15) is 35.6 Å². The Hall–Kier alpha value is -5.98. The Kier molecular flexibility index (Phi) is 11.8. The molecule has 0 saturated carbocycles. The van der Waals surface area contributed by atoms with Gasteiger partial charge in [0.15, 0.2) is 39.2 Å². The van der Waals surface area contributed by atoms with Crippen LogP contribution in [0.1, 0.15) is 33.3 Å². The van der Waals surface area contributed by atoms with Crippen LogP contribution in [-0.4, -0.2) is 113 Å². The molecule has 2 N–H and O–H groups in total. The monoisotopic (exact) mass is 850 g/mol. The number of sulfone groups is 1. The Bertz CT molecular complexity index is 2500. The third-order valence-electron chi connectivity index (χ3n) is 10.7. The lowest BCUT2D eigenvalue weighted by atomic mass is 9.80. The standard InChI is InChI=1S/C43H42N6O9S2/c1-54-32-17-13-30(14-18-32)43(29-11-7-4-8-12-29,31-15-19-33(55-2)20-16-31)56-25-34-36(50)37(58-42(59)48-21-23-60(52,53)24-22-48)41(57-34)49-27-46-35-38(44-26-45-39(35)49)47-40(51)28-9-5-3-6-10-28/h3-20,26-27,34,36-37,41,50H,21-25H2,1-2H3,(H,44,45,47,51)/t34-,36+,37-,41-/m1/s1. The fourth-order valence-corrected chi connectivity index (χ4v) is 8.97. The van der Waals surface area contributed by atoms with Crippen molar-refractivity contribution in [3.8, 4) is 11.5 Å². The van der Waals surface area contributed by atoms with Crippen molar-refractivity contribution < 1.29 is 42.0 Å². The number of hydrogen-bond acceptors (Lipinski definition) is 13. The quantitative estimate of drug-likeness (QED) is 0.127. The van der Waals surface area contributed by atoms with E-state index in [-0.39, 0.29) is 59.3 Å². The molecule has 2 fully saturated rings. The van der Waals surface area contributed by atoms with Gasteiger partial charge in [-0.05, 0) is 65.3 Å². The highest BCUT2D eigenvalue weighted by molar-refractivity contribution is 7.91. The number of aromatic nitrogens is 4. The number of rotatable bonds is 12.